The number of carbonyl (C=O) groups excluding carboxylic acids is 2. The van der Waals surface area contributed by atoms with Crippen LogP contribution in [-0.4, -0.2) is 17.9 Å². The van der Waals surface area contributed by atoms with Crippen molar-refractivity contribution in [1.29, 1.82) is 5.26 Å². The molecule has 3 rings (SSSR count). The maximum atomic E-state index is 12.9. The molecule has 1 atom stereocenters. The topological polar surface area (TPSA) is 82.0 Å². The number of amides is 2. The Balaban J connectivity index is 1.79. The number of rotatable bonds is 6. The average Bonchev–Trinajstić information content (AvgIpc) is 2.74. The Morgan fingerprint density at radius 1 is 0.893 bits per heavy atom. The molecule has 0 spiro atoms. The second kappa shape index (κ2) is 9.15. The molecule has 0 fully saturated rings. The highest BCUT2D eigenvalue weighted by Crippen LogP contribution is 2.12. The van der Waals surface area contributed by atoms with E-state index < -0.39 is 6.04 Å². The smallest absolute Gasteiger partial charge is 0.251 e. The standard InChI is InChI=1S/C23H19N3O2/c24-16-18-10-7-13-20(14-18)25-23(28)21(15-17-8-3-1-4-9-17)26-22(27)19-11-5-2-6-12-19/h1-14,21H,15H2,(H,25,28)(H,26,27)/t21-/m0/s1. The van der Waals surface area contributed by atoms with E-state index in [1.807, 2.05) is 42.5 Å². The number of hydrogen-bond acceptors (Lipinski definition) is 3. The van der Waals surface area contributed by atoms with Crippen molar-refractivity contribution < 1.29 is 9.59 Å². The molecule has 0 aliphatic carbocycles. The van der Waals surface area contributed by atoms with Gasteiger partial charge in [-0.3, -0.25) is 9.59 Å². The van der Waals surface area contributed by atoms with Crippen molar-refractivity contribution in [2.75, 3.05) is 5.32 Å². The summed E-state index contributed by atoms with van der Waals surface area (Å²) in [5, 5.41) is 14.6. The van der Waals surface area contributed by atoms with Gasteiger partial charge < -0.3 is 10.6 Å². The minimum Gasteiger partial charge on any atom is -0.340 e. The number of nitrogens with one attached hydrogen (secondary N) is 2. The van der Waals surface area contributed by atoms with Gasteiger partial charge in [0.25, 0.3) is 5.91 Å². The Bertz CT molecular complexity index is 995. The fourth-order valence-electron chi connectivity index (χ4n) is 2.79. The second-order valence-corrected chi connectivity index (χ2v) is 6.26. The Kier molecular flexibility index (Phi) is 6.17. The van der Waals surface area contributed by atoms with Gasteiger partial charge >= 0.3 is 0 Å². The first kappa shape index (κ1) is 18.9. The van der Waals surface area contributed by atoms with Crippen molar-refractivity contribution in [1.82, 2.24) is 5.32 Å². The molecule has 0 aliphatic heterocycles. The van der Waals surface area contributed by atoms with E-state index in [1.54, 1.807) is 48.5 Å². The number of carbonyl (C=O) groups is 2. The number of nitrogens with zero attached hydrogens (tertiary/aromatic N) is 1. The summed E-state index contributed by atoms with van der Waals surface area (Å²) in [5.41, 5.74) is 2.38. The second-order valence-electron chi connectivity index (χ2n) is 6.26. The maximum Gasteiger partial charge on any atom is 0.251 e. The molecule has 0 bridgehead atoms. The molecule has 138 valence electrons. The van der Waals surface area contributed by atoms with Crippen LogP contribution < -0.4 is 10.6 Å². The van der Waals surface area contributed by atoms with E-state index in [0.29, 0.717) is 23.2 Å². The largest absolute Gasteiger partial charge is 0.340 e. The summed E-state index contributed by atoms with van der Waals surface area (Å²) in [6.07, 6.45) is 0.350. The molecule has 0 aliphatic rings. The molecule has 2 N–H and O–H groups in total. The molecule has 0 aromatic heterocycles. The minimum absolute atomic E-state index is 0.317. The van der Waals surface area contributed by atoms with E-state index >= 15 is 0 Å². The SMILES string of the molecule is N#Cc1cccc(NC(=O)[C@H](Cc2ccccc2)NC(=O)c2ccccc2)c1. The summed E-state index contributed by atoms with van der Waals surface area (Å²) >= 11 is 0. The Morgan fingerprint density at radius 3 is 2.25 bits per heavy atom. The summed E-state index contributed by atoms with van der Waals surface area (Å²) in [6.45, 7) is 0. The van der Waals surface area contributed by atoms with E-state index in [-0.39, 0.29) is 11.8 Å². The van der Waals surface area contributed by atoms with Crippen LogP contribution in [0.4, 0.5) is 5.69 Å². The van der Waals surface area contributed by atoms with Gasteiger partial charge in [0, 0.05) is 17.7 Å². The normalized spacial score (nSPS) is 11.1. The van der Waals surface area contributed by atoms with Crippen molar-refractivity contribution in [3.05, 3.63) is 102 Å². The van der Waals surface area contributed by atoms with Gasteiger partial charge in [-0.1, -0.05) is 54.6 Å². The first-order valence-electron chi connectivity index (χ1n) is 8.86. The van der Waals surface area contributed by atoms with Crippen LogP contribution in [0.2, 0.25) is 0 Å². The highest BCUT2D eigenvalue weighted by Gasteiger charge is 2.22. The van der Waals surface area contributed by atoms with Gasteiger partial charge in [0.05, 0.1) is 11.6 Å². The van der Waals surface area contributed by atoms with Gasteiger partial charge in [-0.2, -0.15) is 5.26 Å². The molecule has 2 amide bonds. The van der Waals surface area contributed by atoms with Crippen molar-refractivity contribution in [2.24, 2.45) is 0 Å². The summed E-state index contributed by atoms with van der Waals surface area (Å²) in [4.78, 5) is 25.4. The van der Waals surface area contributed by atoms with Crippen molar-refractivity contribution in [2.45, 2.75) is 12.5 Å². The van der Waals surface area contributed by atoms with Crippen molar-refractivity contribution >= 4 is 17.5 Å². The first-order chi connectivity index (χ1) is 13.7. The van der Waals surface area contributed by atoms with Gasteiger partial charge in [0.15, 0.2) is 0 Å². The lowest BCUT2D eigenvalue weighted by Gasteiger charge is -2.19. The zero-order valence-electron chi connectivity index (χ0n) is 15.1. The Labute approximate surface area is 163 Å². The fourth-order valence-corrected chi connectivity index (χ4v) is 2.79. The predicted molar refractivity (Wildman–Crippen MR) is 108 cm³/mol. The van der Waals surface area contributed by atoms with Gasteiger partial charge in [-0.15, -0.1) is 0 Å². The number of hydrogen-bond donors (Lipinski definition) is 2. The van der Waals surface area contributed by atoms with Crippen LogP contribution >= 0.6 is 0 Å². The van der Waals surface area contributed by atoms with Crippen LogP contribution in [0.25, 0.3) is 0 Å². The molecule has 28 heavy (non-hydrogen) atoms. The quantitative estimate of drug-likeness (QED) is 0.697. The highest BCUT2D eigenvalue weighted by atomic mass is 16.2. The van der Waals surface area contributed by atoms with Gasteiger partial charge in [0.2, 0.25) is 5.91 Å². The zero-order valence-corrected chi connectivity index (χ0v) is 15.1. The molecular formula is C23H19N3O2. The van der Waals surface area contributed by atoms with E-state index in [9.17, 15) is 9.59 Å². The van der Waals surface area contributed by atoms with E-state index in [2.05, 4.69) is 10.6 Å². The molecule has 0 saturated carbocycles. The molecule has 3 aromatic rings. The van der Waals surface area contributed by atoms with E-state index in [4.69, 9.17) is 5.26 Å². The third-order valence-electron chi connectivity index (χ3n) is 4.20. The molecule has 0 unspecified atom stereocenters. The molecule has 3 aromatic carbocycles. The van der Waals surface area contributed by atoms with Crippen LogP contribution in [0.15, 0.2) is 84.9 Å². The van der Waals surface area contributed by atoms with Crippen LogP contribution in [0, 0.1) is 11.3 Å². The summed E-state index contributed by atoms with van der Waals surface area (Å²) < 4.78 is 0. The molecule has 5 nitrogen and oxygen atoms in total. The zero-order chi connectivity index (χ0) is 19.8. The molecule has 0 heterocycles. The van der Waals surface area contributed by atoms with Crippen molar-refractivity contribution in [3.8, 4) is 6.07 Å². The summed E-state index contributed by atoms with van der Waals surface area (Å²) in [6, 6.07) is 26.2. The minimum atomic E-state index is -0.763. The van der Waals surface area contributed by atoms with E-state index in [0.717, 1.165) is 5.56 Å². The van der Waals surface area contributed by atoms with Gasteiger partial charge in [-0.25, -0.2) is 0 Å². The third kappa shape index (κ3) is 5.05. The molecule has 0 radical (unpaired) electrons. The summed E-state index contributed by atoms with van der Waals surface area (Å²) in [5.74, 6) is -0.661. The predicted octanol–water partition coefficient (Wildman–Crippen LogP) is 3.54. The van der Waals surface area contributed by atoms with E-state index in [1.165, 1.54) is 0 Å². The van der Waals surface area contributed by atoms with Gasteiger partial charge in [-0.05, 0) is 35.9 Å². The number of benzene rings is 3. The fraction of sp³-hybridized carbons (Fsp3) is 0.0870. The monoisotopic (exact) mass is 369 g/mol. The van der Waals surface area contributed by atoms with Crippen LogP contribution in [0.5, 0.6) is 0 Å². The average molecular weight is 369 g/mol. The summed E-state index contributed by atoms with van der Waals surface area (Å²) in [7, 11) is 0. The third-order valence-corrected chi connectivity index (χ3v) is 4.20. The lowest BCUT2D eigenvalue weighted by molar-refractivity contribution is -0.118. The number of anilines is 1. The van der Waals surface area contributed by atoms with Gasteiger partial charge in [0.1, 0.15) is 6.04 Å². The molecule has 5 heteroatoms. The maximum absolute atomic E-state index is 12.9. The lowest BCUT2D eigenvalue weighted by Crippen LogP contribution is -2.45. The molecular weight excluding hydrogens is 350 g/mol. The van der Waals surface area contributed by atoms with Crippen LogP contribution in [0.1, 0.15) is 21.5 Å². The lowest BCUT2D eigenvalue weighted by atomic mass is 10.0. The van der Waals surface area contributed by atoms with Crippen LogP contribution in [-0.2, 0) is 11.2 Å². The van der Waals surface area contributed by atoms with Crippen molar-refractivity contribution in [3.63, 3.8) is 0 Å². The molecule has 0 saturated heterocycles. The van der Waals surface area contributed by atoms with Crippen LogP contribution in [0.3, 0.4) is 0 Å². The Hall–Kier alpha value is -3.91. The highest BCUT2D eigenvalue weighted by molar-refractivity contribution is 6.01. The first-order valence-corrected chi connectivity index (χ1v) is 8.86. The Morgan fingerprint density at radius 2 is 1.57 bits per heavy atom. The number of nitriles is 1.